The molecule has 0 saturated carbocycles. The summed E-state index contributed by atoms with van der Waals surface area (Å²) in [6.45, 7) is 3.67. The van der Waals surface area contributed by atoms with E-state index in [9.17, 15) is 4.79 Å². The topological polar surface area (TPSA) is 52.9 Å². The molecule has 28 heavy (non-hydrogen) atoms. The molecule has 0 aliphatic carbocycles. The molecule has 2 aromatic rings. The van der Waals surface area contributed by atoms with Crippen LogP contribution in [0.1, 0.15) is 11.3 Å². The fraction of sp³-hybridized carbons (Fsp3) is 0.400. The second-order valence-electron chi connectivity index (χ2n) is 6.69. The molecule has 1 aromatic heterocycles. The summed E-state index contributed by atoms with van der Waals surface area (Å²) in [6, 6.07) is 11.6. The Balaban J connectivity index is 0.00000280. The van der Waals surface area contributed by atoms with Crippen LogP contribution < -0.4 is 5.32 Å². The van der Waals surface area contributed by atoms with Gasteiger partial charge in [0.15, 0.2) is 5.96 Å². The molecule has 1 aliphatic rings. The zero-order valence-corrected chi connectivity index (χ0v) is 19.4. The Hall–Kier alpha value is -1.74. The molecule has 152 valence electrons. The summed E-state index contributed by atoms with van der Waals surface area (Å²) in [4.78, 5) is 21.1. The van der Waals surface area contributed by atoms with Crippen molar-refractivity contribution in [3.05, 3.63) is 58.9 Å². The lowest BCUT2D eigenvalue weighted by atomic mass is 10.1. The van der Waals surface area contributed by atoms with Gasteiger partial charge in [-0.25, -0.2) is 0 Å². The molecule has 1 N–H and O–H groups in total. The Bertz CT molecular complexity index is 814. The number of benzene rings is 1. The third-order valence-corrected chi connectivity index (χ3v) is 5.10. The van der Waals surface area contributed by atoms with Crippen molar-refractivity contribution in [3.63, 3.8) is 0 Å². The Morgan fingerprint density at radius 3 is 2.46 bits per heavy atom. The van der Waals surface area contributed by atoms with Crippen LogP contribution in [-0.4, -0.2) is 59.5 Å². The number of piperazine rings is 1. The third-order valence-electron chi connectivity index (χ3n) is 4.87. The number of rotatable bonds is 4. The first-order valence-electron chi connectivity index (χ1n) is 9.15. The van der Waals surface area contributed by atoms with Gasteiger partial charge in [0.25, 0.3) is 0 Å². The van der Waals surface area contributed by atoms with E-state index in [-0.39, 0.29) is 29.9 Å². The fourth-order valence-corrected chi connectivity index (χ4v) is 3.50. The molecule has 0 atom stereocenters. The normalized spacial score (nSPS) is 14.6. The minimum atomic E-state index is 0. The van der Waals surface area contributed by atoms with Gasteiger partial charge >= 0.3 is 0 Å². The summed E-state index contributed by atoms with van der Waals surface area (Å²) in [5, 5.41) is 4.07. The fourth-order valence-electron chi connectivity index (χ4n) is 3.28. The van der Waals surface area contributed by atoms with Gasteiger partial charge in [0.2, 0.25) is 5.91 Å². The van der Waals surface area contributed by atoms with Gasteiger partial charge in [-0.3, -0.25) is 9.79 Å². The van der Waals surface area contributed by atoms with E-state index in [0.29, 0.717) is 24.5 Å². The molecule has 1 fully saturated rings. The number of aliphatic imine (C=N–C) groups is 1. The summed E-state index contributed by atoms with van der Waals surface area (Å²) < 4.78 is 2.09. The zero-order valence-electron chi connectivity index (χ0n) is 16.3. The van der Waals surface area contributed by atoms with Gasteiger partial charge < -0.3 is 19.7 Å². The van der Waals surface area contributed by atoms with E-state index in [1.807, 2.05) is 48.5 Å². The Labute approximate surface area is 188 Å². The molecule has 1 aromatic carbocycles. The summed E-state index contributed by atoms with van der Waals surface area (Å²) in [6.07, 6.45) is 2.42. The molecule has 1 aliphatic heterocycles. The molecule has 6 nitrogen and oxygen atoms in total. The van der Waals surface area contributed by atoms with E-state index in [0.717, 1.165) is 31.2 Å². The largest absolute Gasteiger partial charge is 0.353 e. The maximum atomic E-state index is 12.6. The molecular weight excluding hydrogens is 489 g/mol. The smallest absolute Gasteiger partial charge is 0.227 e. The van der Waals surface area contributed by atoms with Crippen LogP contribution in [0.25, 0.3) is 0 Å². The molecule has 1 saturated heterocycles. The number of nitrogens with one attached hydrogen (secondary N) is 1. The minimum Gasteiger partial charge on any atom is -0.353 e. The highest BCUT2D eigenvalue weighted by atomic mass is 127. The average Bonchev–Trinajstić information content (AvgIpc) is 3.08. The van der Waals surface area contributed by atoms with E-state index in [1.165, 1.54) is 5.69 Å². The summed E-state index contributed by atoms with van der Waals surface area (Å²) >= 11 is 6.01. The number of nitrogens with zero attached hydrogens (tertiary/aromatic N) is 4. The van der Waals surface area contributed by atoms with E-state index in [1.54, 1.807) is 7.05 Å². The number of aryl methyl sites for hydroxylation is 1. The van der Waals surface area contributed by atoms with Gasteiger partial charge in [-0.1, -0.05) is 23.7 Å². The zero-order chi connectivity index (χ0) is 19.2. The maximum absolute atomic E-state index is 12.6. The number of guanidine groups is 1. The molecule has 8 heteroatoms. The molecule has 2 heterocycles. The van der Waals surface area contributed by atoms with Crippen LogP contribution in [0.3, 0.4) is 0 Å². The van der Waals surface area contributed by atoms with E-state index in [2.05, 4.69) is 25.8 Å². The molecular formula is C20H27ClIN5O. The Morgan fingerprint density at radius 1 is 1.14 bits per heavy atom. The molecule has 0 unspecified atom stereocenters. The highest BCUT2D eigenvalue weighted by Crippen LogP contribution is 2.13. The van der Waals surface area contributed by atoms with Crippen molar-refractivity contribution in [1.29, 1.82) is 0 Å². The lowest BCUT2D eigenvalue weighted by molar-refractivity contribution is -0.131. The van der Waals surface area contributed by atoms with Crippen LogP contribution in [0.5, 0.6) is 0 Å². The van der Waals surface area contributed by atoms with Gasteiger partial charge in [-0.15, -0.1) is 24.0 Å². The highest BCUT2D eigenvalue weighted by Gasteiger charge is 2.23. The predicted octanol–water partition coefficient (Wildman–Crippen LogP) is 2.76. The predicted molar refractivity (Wildman–Crippen MR) is 124 cm³/mol. The first kappa shape index (κ1) is 22.5. The van der Waals surface area contributed by atoms with Crippen molar-refractivity contribution in [1.82, 2.24) is 19.7 Å². The Kier molecular flexibility index (Phi) is 8.62. The van der Waals surface area contributed by atoms with E-state index >= 15 is 0 Å². The van der Waals surface area contributed by atoms with Crippen molar-refractivity contribution < 1.29 is 4.79 Å². The molecule has 0 radical (unpaired) electrons. The van der Waals surface area contributed by atoms with Crippen LogP contribution in [0.2, 0.25) is 5.02 Å². The number of hydrogen-bond donors (Lipinski definition) is 1. The average molecular weight is 516 g/mol. The Morgan fingerprint density at radius 2 is 1.86 bits per heavy atom. The SMILES string of the molecule is CN=C(NCc1cccn1C)N1CCN(C(=O)Cc2cccc(Cl)c2)CC1.I. The monoisotopic (exact) mass is 515 g/mol. The number of aromatic nitrogens is 1. The summed E-state index contributed by atoms with van der Waals surface area (Å²) in [5.74, 6) is 1.02. The van der Waals surface area contributed by atoms with Crippen molar-refractivity contribution in [3.8, 4) is 0 Å². The maximum Gasteiger partial charge on any atom is 0.227 e. The van der Waals surface area contributed by atoms with Crippen molar-refractivity contribution in [2.75, 3.05) is 33.2 Å². The number of carbonyl (C=O) groups excluding carboxylic acids is 1. The van der Waals surface area contributed by atoms with Crippen molar-refractivity contribution >= 4 is 47.4 Å². The number of carbonyl (C=O) groups is 1. The van der Waals surface area contributed by atoms with Gasteiger partial charge in [0.1, 0.15) is 0 Å². The second-order valence-corrected chi connectivity index (χ2v) is 7.12. The molecule has 0 spiro atoms. The van der Waals surface area contributed by atoms with Crippen LogP contribution in [0.4, 0.5) is 0 Å². The standard InChI is InChI=1S/C20H26ClN5O.HI/c1-22-20(23-15-18-7-4-8-24(18)2)26-11-9-25(10-12-26)19(27)14-16-5-3-6-17(21)13-16;/h3-8,13H,9-12,14-15H2,1-2H3,(H,22,23);1H. The van der Waals surface area contributed by atoms with Gasteiger partial charge in [0, 0.05) is 57.2 Å². The highest BCUT2D eigenvalue weighted by molar-refractivity contribution is 14.0. The second kappa shape index (κ2) is 10.7. The number of halogens is 2. The van der Waals surface area contributed by atoms with Crippen molar-refractivity contribution in [2.24, 2.45) is 12.0 Å². The van der Waals surface area contributed by atoms with Crippen LogP contribution >= 0.6 is 35.6 Å². The van der Waals surface area contributed by atoms with Gasteiger partial charge in [-0.05, 0) is 29.8 Å². The molecule has 0 bridgehead atoms. The quantitative estimate of drug-likeness (QED) is 0.387. The van der Waals surface area contributed by atoms with Gasteiger partial charge in [0.05, 0.1) is 13.0 Å². The minimum absolute atomic E-state index is 0. The van der Waals surface area contributed by atoms with Crippen LogP contribution in [0, 0.1) is 0 Å². The lowest BCUT2D eigenvalue weighted by Crippen LogP contribution is -2.53. The lowest BCUT2D eigenvalue weighted by Gasteiger charge is -2.36. The molecule has 1 amide bonds. The number of hydrogen-bond acceptors (Lipinski definition) is 2. The van der Waals surface area contributed by atoms with Crippen LogP contribution in [0.15, 0.2) is 47.6 Å². The van der Waals surface area contributed by atoms with Crippen LogP contribution in [-0.2, 0) is 24.8 Å². The van der Waals surface area contributed by atoms with E-state index in [4.69, 9.17) is 11.6 Å². The molecule has 3 rings (SSSR count). The van der Waals surface area contributed by atoms with Gasteiger partial charge in [-0.2, -0.15) is 0 Å². The van der Waals surface area contributed by atoms with E-state index < -0.39 is 0 Å². The van der Waals surface area contributed by atoms with Crippen molar-refractivity contribution in [2.45, 2.75) is 13.0 Å². The summed E-state index contributed by atoms with van der Waals surface area (Å²) in [7, 11) is 3.83. The first-order chi connectivity index (χ1) is 13.1. The number of amides is 1. The first-order valence-corrected chi connectivity index (χ1v) is 9.52. The third kappa shape index (κ3) is 5.88. The summed E-state index contributed by atoms with van der Waals surface area (Å²) in [5.41, 5.74) is 2.15.